The lowest BCUT2D eigenvalue weighted by Crippen LogP contribution is -2.55. The molecule has 29 heavy (non-hydrogen) atoms. The van der Waals surface area contributed by atoms with Gasteiger partial charge in [0, 0.05) is 0 Å². The monoisotopic (exact) mass is 398 g/mol. The third-order valence-electron chi connectivity index (χ3n) is 11.4. The van der Waals surface area contributed by atoms with Crippen LogP contribution in [0.2, 0.25) is 0 Å². The first kappa shape index (κ1) is 22.0. The molecule has 8 unspecified atom stereocenters. The molecule has 0 aromatic heterocycles. The zero-order valence-corrected chi connectivity index (χ0v) is 20.8. The van der Waals surface area contributed by atoms with E-state index < -0.39 is 0 Å². The molecule has 0 heteroatoms. The first-order chi connectivity index (χ1) is 13.6. The quantitative estimate of drug-likeness (QED) is 0.405. The summed E-state index contributed by atoms with van der Waals surface area (Å²) >= 11 is 0. The summed E-state index contributed by atoms with van der Waals surface area (Å²) in [6.45, 7) is 18.0. The molecule has 4 rings (SSSR count). The van der Waals surface area contributed by atoms with Gasteiger partial charge < -0.3 is 0 Å². The zero-order chi connectivity index (χ0) is 21.0. The van der Waals surface area contributed by atoms with Gasteiger partial charge in [-0.15, -0.1) is 0 Å². The predicted octanol–water partition coefficient (Wildman–Crippen LogP) is 9.05. The summed E-state index contributed by atoms with van der Waals surface area (Å²) in [6, 6.07) is 0. The zero-order valence-electron chi connectivity index (χ0n) is 20.8. The predicted molar refractivity (Wildman–Crippen MR) is 127 cm³/mol. The third kappa shape index (κ3) is 3.38. The van der Waals surface area contributed by atoms with E-state index in [1.165, 1.54) is 70.6 Å². The van der Waals surface area contributed by atoms with E-state index in [-0.39, 0.29) is 0 Å². The highest BCUT2D eigenvalue weighted by molar-refractivity contribution is 5.26. The van der Waals surface area contributed by atoms with Crippen LogP contribution in [0.25, 0.3) is 0 Å². The molecule has 0 nitrogen and oxygen atoms in total. The van der Waals surface area contributed by atoms with Gasteiger partial charge in [0.05, 0.1) is 0 Å². The highest BCUT2D eigenvalue weighted by Gasteiger charge is 2.64. The van der Waals surface area contributed by atoms with Gasteiger partial charge in [-0.25, -0.2) is 0 Å². The summed E-state index contributed by atoms with van der Waals surface area (Å²) in [6.07, 6.45) is 18.8. The fourth-order valence-corrected chi connectivity index (χ4v) is 9.24. The minimum absolute atomic E-state index is 0.529. The molecule has 0 aromatic rings. The van der Waals surface area contributed by atoms with Crippen LogP contribution in [-0.4, -0.2) is 0 Å². The van der Waals surface area contributed by atoms with E-state index in [2.05, 4.69) is 54.5 Å². The highest BCUT2D eigenvalue weighted by Crippen LogP contribution is 2.72. The summed E-state index contributed by atoms with van der Waals surface area (Å²) in [5.41, 5.74) is 3.54. The molecular weight excluding hydrogens is 348 g/mol. The molecule has 0 saturated heterocycles. The van der Waals surface area contributed by atoms with Gasteiger partial charge in [0.2, 0.25) is 0 Å². The molecule has 0 aliphatic heterocycles. The molecule has 0 bridgehead atoms. The van der Waals surface area contributed by atoms with Gasteiger partial charge in [0.1, 0.15) is 0 Å². The molecule has 4 aliphatic rings. The van der Waals surface area contributed by atoms with Crippen molar-refractivity contribution in [1.82, 2.24) is 0 Å². The van der Waals surface area contributed by atoms with Crippen LogP contribution in [0, 0.1) is 51.8 Å². The summed E-state index contributed by atoms with van der Waals surface area (Å²) in [5, 5.41) is 0. The van der Waals surface area contributed by atoms with Crippen molar-refractivity contribution in [3.05, 3.63) is 11.6 Å². The normalized spacial score (nSPS) is 47.9. The van der Waals surface area contributed by atoms with E-state index in [0.29, 0.717) is 16.2 Å². The number of fused-ring (bicyclic) bond motifs is 5. The minimum Gasteiger partial charge on any atom is -0.0845 e. The van der Waals surface area contributed by atoms with Crippen molar-refractivity contribution >= 4 is 0 Å². The van der Waals surface area contributed by atoms with Crippen molar-refractivity contribution in [3.63, 3.8) is 0 Å². The van der Waals surface area contributed by atoms with Crippen LogP contribution in [0.4, 0.5) is 0 Å². The number of hydrogen-bond donors (Lipinski definition) is 0. The highest BCUT2D eigenvalue weighted by atomic mass is 14.7. The fourth-order valence-electron chi connectivity index (χ4n) is 9.24. The molecule has 166 valence electrons. The second-order valence-corrected chi connectivity index (χ2v) is 13.3. The van der Waals surface area contributed by atoms with Crippen LogP contribution >= 0.6 is 0 Å². The molecule has 0 N–H and O–H groups in total. The van der Waals surface area contributed by atoms with E-state index in [1.807, 2.05) is 5.57 Å². The van der Waals surface area contributed by atoms with Crippen LogP contribution in [0.5, 0.6) is 0 Å². The molecule has 0 heterocycles. The van der Waals surface area contributed by atoms with Gasteiger partial charge >= 0.3 is 0 Å². The number of hydrogen-bond acceptors (Lipinski definition) is 0. The Morgan fingerprint density at radius 1 is 0.897 bits per heavy atom. The van der Waals surface area contributed by atoms with Gasteiger partial charge in [0.25, 0.3) is 0 Å². The summed E-state index contributed by atoms with van der Waals surface area (Å²) in [7, 11) is 0. The van der Waals surface area contributed by atoms with Crippen LogP contribution in [0.1, 0.15) is 119 Å². The second kappa shape index (κ2) is 7.70. The maximum absolute atomic E-state index is 2.76. The van der Waals surface area contributed by atoms with Crippen LogP contribution < -0.4 is 0 Å². The van der Waals surface area contributed by atoms with Crippen molar-refractivity contribution in [2.75, 3.05) is 0 Å². The third-order valence-corrected chi connectivity index (χ3v) is 11.4. The lowest BCUT2D eigenvalue weighted by Gasteiger charge is -2.63. The first-order valence-electron chi connectivity index (χ1n) is 13.3. The second-order valence-electron chi connectivity index (χ2n) is 13.3. The Balaban J connectivity index is 1.55. The maximum Gasteiger partial charge on any atom is -0.00850 e. The smallest absolute Gasteiger partial charge is 0.00850 e. The Hall–Kier alpha value is -0.260. The Labute approximate surface area is 182 Å². The fraction of sp³-hybridized carbons (Fsp3) is 0.931. The Morgan fingerprint density at radius 3 is 2.34 bits per heavy atom. The molecule has 0 aromatic carbocycles. The van der Waals surface area contributed by atoms with E-state index in [0.717, 1.165) is 35.5 Å². The minimum atomic E-state index is 0.529. The Bertz CT molecular complexity index is 628. The average Bonchev–Trinajstić information content (AvgIpc) is 2.93. The molecule has 0 spiro atoms. The largest absolute Gasteiger partial charge is 0.0845 e. The standard InChI is InChI=1S/C29H50/c1-20(2)9-8-10-22(4)24-14-17-29(7)26-12-11-23-19-21(3)13-16-27(23,5)25(26)15-18-28(24,29)6/h11,20-22,24-26H,8-10,12-19H2,1-7H3. The van der Waals surface area contributed by atoms with Crippen LogP contribution in [0.15, 0.2) is 11.6 Å². The van der Waals surface area contributed by atoms with Crippen LogP contribution in [-0.2, 0) is 0 Å². The molecule has 8 atom stereocenters. The Kier molecular flexibility index (Phi) is 5.83. The molecule has 0 amide bonds. The van der Waals surface area contributed by atoms with Crippen molar-refractivity contribution in [1.29, 1.82) is 0 Å². The van der Waals surface area contributed by atoms with Gasteiger partial charge in [0.15, 0.2) is 0 Å². The van der Waals surface area contributed by atoms with Gasteiger partial charge in [-0.05, 0) is 103 Å². The summed E-state index contributed by atoms with van der Waals surface area (Å²) < 4.78 is 0. The molecular formula is C29H50. The SMILES string of the molecule is CC(C)CCCC(C)C1CCC2(C)C3CC=C4CC(C)CCC4(C)C3CCC12C. The first-order valence-corrected chi connectivity index (χ1v) is 13.3. The van der Waals surface area contributed by atoms with Gasteiger partial charge in [-0.2, -0.15) is 0 Å². The summed E-state index contributed by atoms with van der Waals surface area (Å²) in [5.74, 6) is 5.56. The van der Waals surface area contributed by atoms with Crippen molar-refractivity contribution in [2.24, 2.45) is 51.8 Å². The average molecular weight is 399 g/mol. The summed E-state index contributed by atoms with van der Waals surface area (Å²) in [4.78, 5) is 0. The molecule has 4 aliphatic carbocycles. The van der Waals surface area contributed by atoms with Crippen LogP contribution in [0.3, 0.4) is 0 Å². The van der Waals surface area contributed by atoms with E-state index in [9.17, 15) is 0 Å². The topological polar surface area (TPSA) is 0 Å². The molecule has 3 fully saturated rings. The van der Waals surface area contributed by atoms with E-state index >= 15 is 0 Å². The van der Waals surface area contributed by atoms with Crippen molar-refractivity contribution < 1.29 is 0 Å². The van der Waals surface area contributed by atoms with Gasteiger partial charge in [-0.3, -0.25) is 0 Å². The number of rotatable bonds is 5. The Morgan fingerprint density at radius 2 is 1.62 bits per heavy atom. The molecule has 3 saturated carbocycles. The van der Waals surface area contributed by atoms with Gasteiger partial charge in [-0.1, -0.05) is 79.4 Å². The maximum atomic E-state index is 2.76. The lowest BCUT2D eigenvalue weighted by molar-refractivity contribution is -0.112. The molecule has 0 radical (unpaired) electrons. The van der Waals surface area contributed by atoms with Crippen molar-refractivity contribution in [3.8, 4) is 0 Å². The number of allylic oxidation sites excluding steroid dienone is 2. The van der Waals surface area contributed by atoms with Crippen molar-refractivity contribution in [2.45, 2.75) is 119 Å². The lowest BCUT2D eigenvalue weighted by atomic mass is 9.42. The van der Waals surface area contributed by atoms with E-state index in [4.69, 9.17) is 0 Å². The van der Waals surface area contributed by atoms with E-state index in [1.54, 1.807) is 0 Å².